The van der Waals surface area contributed by atoms with Gasteiger partial charge in [0.2, 0.25) is 0 Å². The molecule has 0 aromatic heterocycles. The Balaban J connectivity index is 3.24. The number of aliphatic carboxylic acids is 2. The molecule has 0 fully saturated rings. The van der Waals surface area contributed by atoms with Crippen LogP contribution in [-0.4, -0.2) is 33.7 Å². The Bertz CT molecular complexity index is 651. The molecule has 0 rings (SSSR count). The lowest BCUT2D eigenvalue weighted by atomic mass is 9.77. The summed E-state index contributed by atoms with van der Waals surface area (Å²) in [5.74, 6) is -0.0502. The van der Waals surface area contributed by atoms with Crippen LogP contribution < -0.4 is 0 Å². The summed E-state index contributed by atoms with van der Waals surface area (Å²) in [5.41, 5.74) is -0.610. The van der Waals surface area contributed by atoms with Crippen molar-refractivity contribution in [2.75, 3.05) is 11.5 Å². The zero-order valence-electron chi connectivity index (χ0n) is 30.3. The minimum absolute atomic E-state index is 0.337. The van der Waals surface area contributed by atoms with E-state index >= 15 is 0 Å². The van der Waals surface area contributed by atoms with E-state index in [1.165, 1.54) is 173 Å². The lowest BCUT2D eigenvalue weighted by molar-refractivity contribution is -0.150. The summed E-state index contributed by atoms with van der Waals surface area (Å²) in [6.07, 6.45) is 43.9. The van der Waals surface area contributed by atoms with Crippen LogP contribution in [0.2, 0.25) is 0 Å². The molecule has 0 aliphatic carbocycles. The van der Waals surface area contributed by atoms with Crippen molar-refractivity contribution in [1.29, 1.82) is 0 Å². The van der Waals surface area contributed by atoms with Crippen LogP contribution in [-0.2, 0) is 9.59 Å². The lowest BCUT2D eigenvalue weighted by Gasteiger charge is -2.28. The molecule has 2 N–H and O–H groups in total. The number of unbranched alkanes of at least 4 members (excludes halogenated alkanes) is 30. The fourth-order valence-corrected chi connectivity index (χ4v) is 7.85. The number of hydrogen-bond acceptors (Lipinski definition) is 4. The Morgan fingerprint density at radius 1 is 0.348 bits per heavy atom. The predicted octanol–water partition coefficient (Wildman–Crippen LogP) is 13.7. The molecule has 0 aliphatic rings. The molecule has 6 heteroatoms. The molecule has 0 amide bonds. The highest BCUT2D eigenvalue weighted by molar-refractivity contribution is 7.80. The SMILES string of the molecule is O=C(O)CCCCCCCCCCCCCCCCCCCCCCCCCCCCCCCCCC(CCS)(CCS)C(=O)O. The zero-order chi connectivity index (χ0) is 33.8. The van der Waals surface area contributed by atoms with E-state index in [0.717, 1.165) is 32.1 Å². The molecule has 0 aromatic carbocycles. The van der Waals surface area contributed by atoms with Crippen molar-refractivity contribution in [1.82, 2.24) is 0 Å². The van der Waals surface area contributed by atoms with Crippen LogP contribution in [0.1, 0.15) is 225 Å². The summed E-state index contributed by atoms with van der Waals surface area (Å²) in [6, 6.07) is 0. The van der Waals surface area contributed by atoms with Crippen molar-refractivity contribution >= 4 is 37.2 Å². The fourth-order valence-electron chi connectivity index (χ4n) is 6.99. The second-order valence-corrected chi connectivity index (χ2v) is 15.3. The number of rotatable bonds is 39. The van der Waals surface area contributed by atoms with Crippen molar-refractivity contribution in [3.05, 3.63) is 0 Å². The van der Waals surface area contributed by atoms with Crippen molar-refractivity contribution < 1.29 is 19.8 Å². The first kappa shape index (κ1) is 45.6. The van der Waals surface area contributed by atoms with Gasteiger partial charge in [0.05, 0.1) is 5.41 Å². The smallest absolute Gasteiger partial charge is 0.309 e. The Kier molecular flexibility index (Phi) is 35.7. The van der Waals surface area contributed by atoms with Crippen LogP contribution in [0.4, 0.5) is 0 Å². The third-order valence-corrected chi connectivity index (χ3v) is 10.6. The van der Waals surface area contributed by atoms with Crippen LogP contribution in [0.3, 0.4) is 0 Å². The maximum atomic E-state index is 11.8. The first-order valence-electron chi connectivity index (χ1n) is 20.2. The number of carbonyl (C=O) groups is 2. The molecule has 274 valence electrons. The maximum Gasteiger partial charge on any atom is 0.309 e. The van der Waals surface area contributed by atoms with Gasteiger partial charge >= 0.3 is 11.9 Å². The molecular weight excluding hydrogens is 609 g/mol. The normalized spacial score (nSPS) is 11.8. The Labute approximate surface area is 297 Å². The van der Waals surface area contributed by atoms with E-state index in [0.29, 0.717) is 30.8 Å². The molecule has 0 saturated heterocycles. The van der Waals surface area contributed by atoms with Crippen LogP contribution in [0.5, 0.6) is 0 Å². The zero-order valence-corrected chi connectivity index (χ0v) is 32.1. The second-order valence-electron chi connectivity index (χ2n) is 14.4. The van der Waals surface area contributed by atoms with Crippen molar-refractivity contribution in [3.63, 3.8) is 0 Å². The summed E-state index contributed by atoms with van der Waals surface area (Å²) in [7, 11) is 0. The molecule has 4 nitrogen and oxygen atoms in total. The molecule has 0 aliphatic heterocycles. The number of thiol groups is 2. The molecule has 0 aromatic rings. The van der Waals surface area contributed by atoms with Gasteiger partial charge in [-0.3, -0.25) is 9.59 Å². The topological polar surface area (TPSA) is 74.6 Å². The summed E-state index contributed by atoms with van der Waals surface area (Å²) in [4.78, 5) is 22.3. The summed E-state index contributed by atoms with van der Waals surface area (Å²) in [6.45, 7) is 0. The Morgan fingerprint density at radius 3 is 0.761 bits per heavy atom. The Hall–Kier alpha value is -0.360. The van der Waals surface area contributed by atoms with Gasteiger partial charge in [-0.2, -0.15) is 25.3 Å². The predicted molar refractivity (Wildman–Crippen MR) is 207 cm³/mol. The van der Waals surface area contributed by atoms with Gasteiger partial charge in [0.25, 0.3) is 0 Å². The van der Waals surface area contributed by atoms with E-state index in [1.54, 1.807) is 0 Å². The quantitative estimate of drug-likeness (QED) is 0.0383. The average Bonchev–Trinajstić information content (AvgIpc) is 3.03. The largest absolute Gasteiger partial charge is 0.481 e. The van der Waals surface area contributed by atoms with Gasteiger partial charge < -0.3 is 10.2 Å². The lowest BCUT2D eigenvalue weighted by Crippen LogP contribution is -2.32. The van der Waals surface area contributed by atoms with Crippen molar-refractivity contribution in [2.24, 2.45) is 5.41 Å². The Morgan fingerprint density at radius 2 is 0.565 bits per heavy atom. The van der Waals surface area contributed by atoms with Crippen LogP contribution >= 0.6 is 25.3 Å². The average molecular weight is 687 g/mol. The fraction of sp³-hybridized carbons (Fsp3) is 0.950. The molecule has 0 heterocycles. The molecule has 46 heavy (non-hydrogen) atoms. The summed E-state index contributed by atoms with van der Waals surface area (Å²) >= 11 is 8.59. The van der Waals surface area contributed by atoms with Crippen LogP contribution in [0, 0.1) is 5.41 Å². The minimum Gasteiger partial charge on any atom is -0.481 e. The minimum atomic E-state index is -0.658. The first-order chi connectivity index (χ1) is 22.5. The molecule has 0 radical (unpaired) electrons. The molecule has 0 saturated carbocycles. The number of carboxylic acid groups (broad SMARTS) is 2. The maximum absolute atomic E-state index is 11.8. The third kappa shape index (κ3) is 30.9. The van der Waals surface area contributed by atoms with Crippen LogP contribution in [0.15, 0.2) is 0 Å². The van der Waals surface area contributed by atoms with E-state index in [-0.39, 0.29) is 0 Å². The van der Waals surface area contributed by atoms with Crippen molar-refractivity contribution in [3.8, 4) is 0 Å². The molecule has 0 unspecified atom stereocenters. The monoisotopic (exact) mass is 687 g/mol. The number of hydrogen-bond donors (Lipinski definition) is 4. The van der Waals surface area contributed by atoms with Crippen molar-refractivity contribution in [2.45, 2.75) is 225 Å². The highest BCUT2D eigenvalue weighted by Crippen LogP contribution is 2.34. The van der Waals surface area contributed by atoms with Crippen LogP contribution in [0.25, 0.3) is 0 Å². The number of carboxylic acids is 2. The van der Waals surface area contributed by atoms with E-state index in [1.807, 2.05) is 0 Å². The molecule has 0 atom stereocenters. The van der Waals surface area contributed by atoms with Gasteiger partial charge in [-0.15, -0.1) is 0 Å². The van der Waals surface area contributed by atoms with Gasteiger partial charge in [-0.25, -0.2) is 0 Å². The molecule has 0 bridgehead atoms. The summed E-state index contributed by atoms with van der Waals surface area (Å²) < 4.78 is 0. The van der Waals surface area contributed by atoms with Gasteiger partial charge in [0.15, 0.2) is 0 Å². The van der Waals surface area contributed by atoms with Gasteiger partial charge in [-0.1, -0.05) is 193 Å². The highest BCUT2D eigenvalue weighted by Gasteiger charge is 2.36. The van der Waals surface area contributed by atoms with Gasteiger partial charge in [0.1, 0.15) is 0 Å². The third-order valence-electron chi connectivity index (χ3n) is 10.2. The second kappa shape index (κ2) is 35.9. The molecule has 0 spiro atoms. The van der Waals surface area contributed by atoms with E-state index < -0.39 is 17.4 Å². The van der Waals surface area contributed by atoms with Gasteiger partial charge in [0, 0.05) is 6.42 Å². The van der Waals surface area contributed by atoms with E-state index in [2.05, 4.69) is 25.3 Å². The van der Waals surface area contributed by atoms with E-state index in [4.69, 9.17) is 5.11 Å². The molecular formula is C40H78O4S2. The first-order valence-corrected chi connectivity index (χ1v) is 21.4. The summed E-state index contributed by atoms with van der Waals surface area (Å²) in [5, 5.41) is 18.4. The highest BCUT2D eigenvalue weighted by atomic mass is 32.1. The van der Waals surface area contributed by atoms with Gasteiger partial charge in [-0.05, 0) is 37.2 Å². The van der Waals surface area contributed by atoms with E-state index in [9.17, 15) is 14.7 Å². The standard InChI is InChI=1S/C40H78O4S2/c41-38(42)32-30-28-26-24-22-20-18-16-14-12-10-8-6-4-2-1-3-5-7-9-11-13-15-17-19-21-23-25-27-29-31-33-40(34-36-45,35-37-46)39(43)44/h45-46H,1-37H2,(H,41,42)(H,43,44).